The van der Waals surface area contributed by atoms with E-state index in [9.17, 15) is 17.3 Å². The van der Waals surface area contributed by atoms with Crippen molar-refractivity contribution in [2.75, 3.05) is 0 Å². The van der Waals surface area contributed by atoms with Crippen molar-refractivity contribution in [2.24, 2.45) is 11.5 Å². The zero-order chi connectivity index (χ0) is 24.7. The van der Waals surface area contributed by atoms with Crippen molar-refractivity contribution in [1.82, 2.24) is 0 Å². The Bertz CT molecular complexity index is 1770. The van der Waals surface area contributed by atoms with Gasteiger partial charge in [-0.15, -0.1) is 0 Å². The highest BCUT2D eigenvalue weighted by atomic mass is 19.5. The molecule has 0 heterocycles. The van der Waals surface area contributed by atoms with E-state index in [0.29, 0.717) is 0 Å². The zero-order valence-electron chi connectivity index (χ0n) is 18.4. The highest BCUT2D eigenvalue weighted by molar-refractivity contribution is 6.50. The molecule has 0 aliphatic heterocycles. The number of guanidine groups is 1. The Morgan fingerprint density at radius 2 is 0.971 bits per heavy atom. The molecule has 0 atom stereocenters. The van der Waals surface area contributed by atoms with E-state index in [0.717, 1.165) is 16.5 Å². The molecular weight excluding hydrogens is 453 g/mol. The van der Waals surface area contributed by atoms with Gasteiger partial charge in [-0.05, 0) is 90.9 Å². The molecule has 0 aromatic heterocycles. The van der Waals surface area contributed by atoms with Crippen molar-refractivity contribution in [3.05, 3.63) is 91.0 Å². The Hall–Kier alpha value is -4.33. The number of fused-ring (bicyclic) bond motifs is 6. The number of benzene rings is 6. The fraction of sp³-hybridized carbons (Fsp3) is 0. The first-order valence-corrected chi connectivity index (χ1v) is 10.9. The Morgan fingerprint density at radius 3 is 1.57 bits per heavy atom. The fourth-order valence-corrected chi connectivity index (χ4v) is 4.54. The van der Waals surface area contributed by atoms with Gasteiger partial charge in [0.05, 0.1) is 0 Å². The fourth-order valence-electron chi connectivity index (χ4n) is 4.54. The Kier molecular flexibility index (Phi) is 5.44. The van der Waals surface area contributed by atoms with Gasteiger partial charge in [-0.3, -0.25) is 11.5 Å². The van der Waals surface area contributed by atoms with Crippen LogP contribution < -0.4 is 16.5 Å². The molecule has 6 aromatic rings. The summed E-state index contributed by atoms with van der Waals surface area (Å²) in [6.07, 6.45) is 0. The summed E-state index contributed by atoms with van der Waals surface area (Å²) in [5, 5.41) is 12.2. The van der Waals surface area contributed by atoms with E-state index in [-0.39, 0.29) is 5.96 Å². The molecule has 0 unspecified atom stereocenters. The molecule has 0 aliphatic rings. The molecule has 0 saturated heterocycles. The number of halogens is 4. The lowest BCUT2D eigenvalue weighted by atomic mass is 9.94. The number of nitrogens with two attached hydrogens (primary N) is 2. The molecule has 0 saturated carbocycles. The number of rotatable bonds is 1. The van der Waals surface area contributed by atoms with Crippen LogP contribution in [0.1, 0.15) is 0 Å². The first-order chi connectivity index (χ1) is 16.7. The van der Waals surface area contributed by atoms with Crippen LogP contribution in [0.25, 0.3) is 53.9 Å². The van der Waals surface area contributed by atoms with E-state index in [2.05, 4.69) is 83.9 Å². The van der Waals surface area contributed by atoms with Gasteiger partial charge in [-0.1, -0.05) is 48.5 Å². The molecule has 8 heteroatoms. The highest BCUT2D eigenvalue weighted by Gasteiger charge is 2.20. The quantitative estimate of drug-likeness (QED) is 0.0713. The van der Waals surface area contributed by atoms with E-state index in [1.165, 1.54) is 43.1 Å². The lowest BCUT2D eigenvalue weighted by Gasteiger charge is -2.10. The van der Waals surface area contributed by atoms with Gasteiger partial charge < -0.3 is 17.3 Å². The van der Waals surface area contributed by atoms with Gasteiger partial charge >= 0.3 is 13.2 Å². The minimum atomic E-state index is -6.00. The molecule has 0 aliphatic carbocycles. The molecule has 0 radical (unpaired) electrons. The maximum Gasteiger partial charge on any atom is 0.673 e. The van der Waals surface area contributed by atoms with E-state index >= 15 is 0 Å². The van der Waals surface area contributed by atoms with Gasteiger partial charge in [-0.25, -0.2) is 4.99 Å². The third-order valence-corrected chi connectivity index (χ3v) is 5.94. The second-order valence-corrected chi connectivity index (χ2v) is 8.36. The molecule has 0 amide bonds. The van der Waals surface area contributed by atoms with Gasteiger partial charge in [0, 0.05) is 5.39 Å². The molecular formula is C27H20BF4N3. The minimum absolute atomic E-state index is 0.193. The molecule has 174 valence electrons. The Morgan fingerprint density at radius 1 is 0.514 bits per heavy atom. The second kappa shape index (κ2) is 8.47. The molecule has 0 bridgehead atoms. The van der Waals surface area contributed by atoms with E-state index < -0.39 is 7.25 Å². The van der Waals surface area contributed by atoms with Crippen molar-refractivity contribution in [3.63, 3.8) is 0 Å². The van der Waals surface area contributed by atoms with E-state index in [4.69, 9.17) is 11.5 Å². The van der Waals surface area contributed by atoms with Gasteiger partial charge in [0.1, 0.15) is 5.69 Å². The molecule has 0 spiro atoms. The normalized spacial score (nSPS) is 11.7. The summed E-state index contributed by atoms with van der Waals surface area (Å²) in [5.41, 5.74) is 12.3. The standard InChI is InChI=1S/C27H19N3.BF4/c28-27(29)30-26-7-3-6-18-12-19-8-9-20-13-21-10-16-4-1-2-5-17(16)11-22(21)14-23(20)24(19)15-25(18)26;2-1(3,4)5/h1-15H,(H4,28,29,30);/q;-1/p+1. The van der Waals surface area contributed by atoms with Crippen LogP contribution in [0.2, 0.25) is 0 Å². The average Bonchev–Trinajstić information content (AvgIpc) is 2.79. The third-order valence-electron chi connectivity index (χ3n) is 5.94. The largest absolute Gasteiger partial charge is 0.673 e. The maximum absolute atomic E-state index is 9.75. The average molecular weight is 473 g/mol. The first-order valence-electron chi connectivity index (χ1n) is 10.9. The summed E-state index contributed by atoms with van der Waals surface area (Å²) in [4.78, 5) is 3.08. The SMILES string of the molecule is F[B-](F)(F)F.NC(N)=[NH+]c1cccc2cc3ccc4cc5cc6ccccc6cc5cc4c3cc12. The summed E-state index contributed by atoms with van der Waals surface area (Å²) in [5.74, 6) is 0.193. The van der Waals surface area contributed by atoms with Crippen LogP contribution in [0.5, 0.6) is 0 Å². The van der Waals surface area contributed by atoms with Crippen LogP contribution in [0, 0.1) is 0 Å². The summed E-state index contributed by atoms with van der Waals surface area (Å²) < 4.78 is 39.0. The molecule has 35 heavy (non-hydrogen) atoms. The smallest absolute Gasteiger partial charge is 0.418 e. The summed E-state index contributed by atoms with van der Waals surface area (Å²) in [6.45, 7) is 0. The zero-order valence-corrected chi connectivity index (χ0v) is 18.4. The van der Waals surface area contributed by atoms with Gasteiger partial charge in [-0.2, -0.15) is 0 Å². The molecule has 6 aromatic carbocycles. The molecule has 3 nitrogen and oxygen atoms in total. The van der Waals surface area contributed by atoms with Crippen LogP contribution in [-0.4, -0.2) is 13.2 Å². The van der Waals surface area contributed by atoms with Crippen LogP contribution in [0.3, 0.4) is 0 Å². The van der Waals surface area contributed by atoms with E-state index in [1.807, 2.05) is 12.1 Å². The summed E-state index contributed by atoms with van der Waals surface area (Å²) in [6, 6.07) is 32.7. The summed E-state index contributed by atoms with van der Waals surface area (Å²) >= 11 is 0. The van der Waals surface area contributed by atoms with Crippen molar-refractivity contribution in [2.45, 2.75) is 0 Å². The van der Waals surface area contributed by atoms with Crippen molar-refractivity contribution in [3.8, 4) is 0 Å². The number of hydrogen-bond donors (Lipinski definition) is 3. The number of hydrogen-bond acceptors (Lipinski definition) is 0. The topological polar surface area (TPSA) is 66.0 Å². The second-order valence-electron chi connectivity index (χ2n) is 8.36. The van der Waals surface area contributed by atoms with Gasteiger partial charge in [0.15, 0.2) is 0 Å². The molecule has 5 N–H and O–H groups in total. The third kappa shape index (κ3) is 4.68. The predicted octanol–water partition coefficient (Wildman–Crippen LogP) is 5.74. The van der Waals surface area contributed by atoms with Crippen LogP contribution in [-0.2, 0) is 0 Å². The Balaban J connectivity index is 0.000000464. The predicted molar refractivity (Wildman–Crippen MR) is 138 cm³/mol. The lowest BCUT2D eigenvalue weighted by molar-refractivity contribution is -0.354. The van der Waals surface area contributed by atoms with Crippen LogP contribution >= 0.6 is 0 Å². The highest BCUT2D eigenvalue weighted by Crippen LogP contribution is 2.34. The van der Waals surface area contributed by atoms with Crippen molar-refractivity contribution in [1.29, 1.82) is 0 Å². The van der Waals surface area contributed by atoms with Crippen molar-refractivity contribution >= 4 is 72.8 Å². The summed E-state index contributed by atoms with van der Waals surface area (Å²) in [7, 11) is -6.00. The Labute approximate surface area is 197 Å². The lowest BCUT2D eigenvalue weighted by Crippen LogP contribution is -2.72. The van der Waals surface area contributed by atoms with Gasteiger partial charge in [0.25, 0.3) is 0 Å². The number of nitrogens with one attached hydrogen (secondary N) is 1. The van der Waals surface area contributed by atoms with Crippen LogP contribution in [0.4, 0.5) is 23.0 Å². The maximum atomic E-state index is 9.75. The minimum Gasteiger partial charge on any atom is -0.418 e. The van der Waals surface area contributed by atoms with E-state index in [1.54, 1.807) is 0 Å². The first kappa shape index (κ1) is 22.5. The molecule has 6 rings (SSSR count). The van der Waals surface area contributed by atoms with Crippen LogP contribution in [0.15, 0.2) is 91.0 Å². The van der Waals surface area contributed by atoms with Gasteiger partial charge in [0.2, 0.25) is 0 Å². The van der Waals surface area contributed by atoms with Crippen molar-refractivity contribution < 1.29 is 22.3 Å². The molecule has 0 fully saturated rings. The monoisotopic (exact) mass is 473 g/mol.